The molecule has 0 amide bonds. The fourth-order valence-corrected chi connectivity index (χ4v) is 1.27. The maximum atomic E-state index is 5.71. The summed E-state index contributed by atoms with van der Waals surface area (Å²) in [6, 6.07) is 0.00981. The number of nitrogens with zero attached hydrogens (tertiary/aromatic N) is 1. The van der Waals surface area contributed by atoms with Crippen LogP contribution in [0.15, 0.2) is 0 Å². The van der Waals surface area contributed by atoms with Crippen LogP contribution in [0.25, 0.3) is 0 Å². The topological polar surface area (TPSA) is 54.7 Å². The molecule has 0 fully saturated rings. The molecule has 3 N–H and O–H groups in total. The third-order valence-corrected chi connectivity index (χ3v) is 2.00. The van der Waals surface area contributed by atoms with Gasteiger partial charge in [-0.25, -0.2) is 4.98 Å². The zero-order chi connectivity index (χ0) is 9.14. The molecule has 0 unspecified atom stereocenters. The number of imidazole rings is 1. The molecule has 0 radical (unpaired) electrons. The van der Waals surface area contributed by atoms with Crippen molar-refractivity contribution in [2.75, 3.05) is 0 Å². The maximum absolute atomic E-state index is 5.71. The molecular weight excluding hydrogens is 150 g/mol. The average Bonchev–Trinajstić information content (AvgIpc) is 2.46. The Kier molecular flexibility index (Phi) is 2.87. The van der Waals surface area contributed by atoms with Crippen molar-refractivity contribution in [3.8, 4) is 0 Å². The molecule has 0 aliphatic rings. The highest BCUT2D eigenvalue weighted by atomic mass is 15.0. The zero-order valence-corrected chi connectivity index (χ0v) is 8.02. The Morgan fingerprint density at radius 2 is 2.08 bits per heavy atom. The maximum Gasteiger partial charge on any atom is 0.123 e. The van der Waals surface area contributed by atoms with E-state index in [0.717, 1.165) is 24.4 Å². The fraction of sp³-hybridized carbons (Fsp3) is 0.667. The number of nitrogens with one attached hydrogen (secondary N) is 1. The molecule has 12 heavy (non-hydrogen) atoms. The van der Waals surface area contributed by atoms with Crippen LogP contribution >= 0.6 is 0 Å². The first-order valence-electron chi connectivity index (χ1n) is 4.52. The van der Waals surface area contributed by atoms with E-state index in [1.54, 1.807) is 0 Å². The second-order valence-electron chi connectivity index (χ2n) is 3.04. The van der Waals surface area contributed by atoms with Crippen molar-refractivity contribution in [3.63, 3.8) is 0 Å². The van der Waals surface area contributed by atoms with Crippen molar-refractivity contribution in [2.24, 2.45) is 5.73 Å². The molecule has 3 heteroatoms. The molecule has 0 aliphatic carbocycles. The Hall–Kier alpha value is -0.830. The van der Waals surface area contributed by atoms with Crippen LogP contribution in [0.3, 0.4) is 0 Å². The van der Waals surface area contributed by atoms with E-state index in [0.29, 0.717) is 0 Å². The Morgan fingerprint density at radius 1 is 1.42 bits per heavy atom. The lowest BCUT2D eigenvalue weighted by atomic mass is 10.2. The van der Waals surface area contributed by atoms with Crippen LogP contribution in [-0.4, -0.2) is 9.97 Å². The van der Waals surface area contributed by atoms with Gasteiger partial charge in [0.15, 0.2) is 0 Å². The van der Waals surface area contributed by atoms with Crippen LogP contribution in [0.2, 0.25) is 0 Å². The number of aromatic amines is 1. The summed E-state index contributed by atoms with van der Waals surface area (Å²) in [4.78, 5) is 7.66. The van der Waals surface area contributed by atoms with Gasteiger partial charge in [0.2, 0.25) is 0 Å². The number of hydrogen-bond donors (Lipinski definition) is 2. The lowest BCUT2D eigenvalue weighted by Crippen LogP contribution is -2.06. The third kappa shape index (κ3) is 1.67. The van der Waals surface area contributed by atoms with E-state index in [2.05, 4.69) is 23.8 Å². The van der Waals surface area contributed by atoms with E-state index < -0.39 is 0 Å². The molecule has 0 saturated carbocycles. The summed E-state index contributed by atoms with van der Waals surface area (Å²) >= 11 is 0. The predicted molar refractivity (Wildman–Crippen MR) is 49.9 cm³/mol. The standard InChI is InChI=1S/C9H17N3/c1-4-7-8(5-2)12-9(11-7)6(3)10/h6H,4-5,10H2,1-3H3,(H,11,12)/t6-/m0/s1. The molecule has 0 spiro atoms. The minimum Gasteiger partial charge on any atom is -0.344 e. The largest absolute Gasteiger partial charge is 0.344 e. The van der Waals surface area contributed by atoms with Crippen molar-refractivity contribution in [1.29, 1.82) is 0 Å². The lowest BCUT2D eigenvalue weighted by molar-refractivity contribution is 0.749. The van der Waals surface area contributed by atoms with Crippen LogP contribution in [0.1, 0.15) is 44.0 Å². The predicted octanol–water partition coefficient (Wildman–Crippen LogP) is 1.55. The monoisotopic (exact) mass is 167 g/mol. The quantitative estimate of drug-likeness (QED) is 0.717. The summed E-state index contributed by atoms with van der Waals surface area (Å²) < 4.78 is 0. The molecule has 68 valence electrons. The molecule has 1 heterocycles. The Morgan fingerprint density at radius 3 is 2.42 bits per heavy atom. The summed E-state index contributed by atoms with van der Waals surface area (Å²) in [7, 11) is 0. The van der Waals surface area contributed by atoms with E-state index in [-0.39, 0.29) is 6.04 Å². The smallest absolute Gasteiger partial charge is 0.123 e. The molecule has 0 bridgehead atoms. The fourth-order valence-electron chi connectivity index (χ4n) is 1.27. The van der Waals surface area contributed by atoms with Crippen molar-refractivity contribution >= 4 is 0 Å². The second-order valence-corrected chi connectivity index (χ2v) is 3.04. The summed E-state index contributed by atoms with van der Waals surface area (Å²) in [5.41, 5.74) is 8.10. The van der Waals surface area contributed by atoms with Gasteiger partial charge in [0, 0.05) is 5.69 Å². The van der Waals surface area contributed by atoms with Gasteiger partial charge in [-0.1, -0.05) is 13.8 Å². The minimum atomic E-state index is 0.00981. The van der Waals surface area contributed by atoms with Crippen LogP contribution in [-0.2, 0) is 12.8 Å². The van der Waals surface area contributed by atoms with E-state index in [1.807, 2.05) is 6.92 Å². The highest BCUT2D eigenvalue weighted by Gasteiger charge is 2.08. The molecule has 3 nitrogen and oxygen atoms in total. The van der Waals surface area contributed by atoms with Crippen molar-refractivity contribution in [2.45, 2.75) is 39.7 Å². The van der Waals surface area contributed by atoms with Gasteiger partial charge >= 0.3 is 0 Å². The first-order chi connectivity index (χ1) is 5.69. The third-order valence-electron chi connectivity index (χ3n) is 2.00. The van der Waals surface area contributed by atoms with Gasteiger partial charge in [0.05, 0.1) is 11.7 Å². The van der Waals surface area contributed by atoms with Gasteiger partial charge in [-0.05, 0) is 19.8 Å². The summed E-state index contributed by atoms with van der Waals surface area (Å²) in [6.07, 6.45) is 1.98. The van der Waals surface area contributed by atoms with Gasteiger partial charge in [-0.3, -0.25) is 0 Å². The van der Waals surface area contributed by atoms with Crippen molar-refractivity contribution in [1.82, 2.24) is 9.97 Å². The van der Waals surface area contributed by atoms with E-state index in [9.17, 15) is 0 Å². The Labute approximate surface area is 73.4 Å². The number of aromatic nitrogens is 2. The van der Waals surface area contributed by atoms with Gasteiger partial charge in [0.1, 0.15) is 5.82 Å². The van der Waals surface area contributed by atoms with Gasteiger partial charge < -0.3 is 10.7 Å². The van der Waals surface area contributed by atoms with Crippen LogP contribution in [0, 0.1) is 0 Å². The molecule has 1 atom stereocenters. The number of H-pyrrole nitrogens is 1. The van der Waals surface area contributed by atoms with Gasteiger partial charge in [-0.2, -0.15) is 0 Å². The first kappa shape index (κ1) is 9.26. The average molecular weight is 167 g/mol. The Bertz CT molecular complexity index is 229. The normalized spacial score (nSPS) is 13.3. The van der Waals surface area contributed by atoms with Crippen LogP contribution in [0.5, 0.6) is 0 Å². The van der Waals surface area contributed by atoms with Gasteiger partial charge in [-0.15, -0.1) is 0 Å². The van der Waals surface area contributed by atoms with Crippen molar-refractivity contribution in [3.05, 3.63) is 17.2 Å². The van der Waals surface area contributed by atoms with Gasteiger partial charge in [0.25, 0.3) is 0 Å². The SMILES string of the molecule is CCc1nc([C@H](C)N)[nH]c1CC. The molecule has 1 aromatic heterocycles. The molecular formula is C9H17N3. The highest BCUT2D eigenvalue weighted by Crippen LogP contribution is 2.11. The van der Waals surface area contributed by atoms with Crippen LogP contribution in [0.4, 0.5) is 0 Å². The second kappa shape index (κ2) is 3.72. The van der Waals surface area contributed by atoms with E-state index in [4.69, 9.17) is 5.73 Å². The number of aryl methyl sites for hydroxylation is 2. The van der Waals surface area contributed by atoms with E-state index in [1.165, 1.54) is 5.69 Å². The van der Waals surface area contributed by atoms with E-state index >= 15 is 0 Å². The summed E-state index contributed by atoms with van der Waals surface area (Å²) in [5.74, 6) is 0.906. The number of nitrogens with two attached hydrogens (primary N) is 1. The zero-order valence-electron chi connectivity index (χ0n) is 8.02. The number of hydrogen-bond acceptors (Lipinski definition) is 2. The summed E-state index contributed by atoms with van der Waals surface area (Å²) in [5, 5.41) is 0. The first-order valence-corrected chi connectivity index (χ1v) is 4.52. The molecule has 0 aliphatic heterocycles. The Balaban J connectivity index is 2.97. The number of rotatable bonds is 3. The van der Waals surface area contributed by atoms with Crippen LogP contribution < -0.4 is 5.73 Å². The lowest BCUT2D eigenvalue weighted by Gasteiger charge is -1.97. The molecule has 1 rings (SSSR count). The van der Waals surface area contributed by atoms with Crippen molar-refractivity contribution < 1.29 is 0 Å². The molecule has 0 aromatic carbocycles. The summed E-state index contributed by atoms with van der Waals surface area (Å²) in [6.45, 7) is 6.18. The highest BCUT2D eigenvalue weighted by molar-refractivity contribution is 5.15. The molecule has 1 aromatic rings. The molecule has 0 saturated heterocycles. The minimum absolute atomic E-state index is 0.00981.